The number of aromatic carboxylic acids is 1. The van der Waals surface area contributed by atoms with E-state index in [9.17, 15) is 13.2 Å². The predicted octanol–water partition coefficient (Wildman–Crippen LogP) is 1.74. The van der Waals surface area contributed by atoms with Gasteiger partial charge in [-0.3, -0.25) is 5.43 Å². The Morgan fingerprint density at radius 2 is 2.00 bits per heavy atom. The summed E-state index contributed by atoms with van der Waals surface area (Å²) in [4.78, 5) is 16.7. The molecule has 0 aliphatic carbocycles. The van der Waals surface area contributed by atoms with Crippen LogP contribution in [-0.2, 0) is 10.0 Å². The Morgan fingerprint density at radius 1 is 1.24 bits per heavy atom. The van der Waals surface area contributed by atoms with E-state index < -0.39 is 16.0 Å². The van der Waals surface area contributed by atoms with Crippen LogP contribution in [0.15, 0.2) is 47.5 Å². The molecule has 0 aliphatic rings. The first kappa shape index (κ1) is 15.2. The first-order valence-electron chi connectivity index (χ1n) is 5.62. The minimum atomic E-state index is -3.95. The number of carbonyl (C=O) groups is 1. The molecule has 7 nitrogen and oxygen atoms in total. The highest BCUT2D eigenvalue weighted by Gasteiger charge is 2.18. The van der Waals surface area contributed by atoms with Crippen molar-refractivity contribution in [2.24, 2.45) is 0 Å². The Hall–Kier alpha value is -2.16. The maximum atomic E-state index is 12.1. The molecule has 0 spiro atoms. The molecule has 0 atom stereocenters. The van der Waals surface area contributed by atoms with Gasteiger partial charge in [-0.15, -0.1) is 4.83 Å². The zero-order valence-electron chi connectivity index (χ0n) is 10.4. The lowest BCUT2D eigenvalue weighted by molar-refractivity contribution is 0.0697. The summed E-state index contributed by atoms with van der Waals surface area (Å²) in [5.41, 5.74) is 2.12. The third-order valence-corrected chi connectivity index (χ3v) is 4.03. The molecule has 0 saturated heterocycles. The molecule has 0 aliphatic heterocycles. The van der Waals surface area contributed by atoms with E-state index in [0.717, 1.165) is 6.07 Å². The van der Waals surface area contributed by atoms with E-state index in [4.69, 9.17) is 16.7 Å². The molecule has 110 valence electrons. The molecule has 1 heterocycles. The van der Waals surface area contributed by atoms with E-state index in [1.54, 1.807) is 18.2 Å². The van der Waals surface area contributed by atoms with Crippen molar-refractivity contribution >= 4 is 33.4 Å². The monoisotopic (exact) mass is 327 g/mol. The molecule has 0 amide bonds. The number of hydrogen-bond acceptors (Lipinski definition) is 5. The number of sulfonamides is 1. The standard InChI is InChI=1S/C12H10ClN3O4S/c13-10-5-4-8(7-9(10)12(17)18)21(19,20)16-15-11-3-1-2-6-14-11/h1-7,16H,(H,14,15)(H,17,18). The van der Waals surface area contributed by atoms with Gasteiger partial charge < -0.3 is 5.11 Å². The van der Waals surface area contributed by atoms with Crippen LogP contribution in [-0.4, -0.2) is 24.5 Å². The molecule has 0 bridgehead atoms. The minimum absolute atomic E-state index is 0.0425. The SMILES string of the molecule is O=C(O)c1cc(S(=O)(=O)NNc2ccccn2)ccc1Cl. The quantitative estimate of drug-likeness (QED) is 0.722. The Balaban J connectivity index is 2.24. The molecule has 0 unspecified atom stereocenters. The van der Waals surface area contributed by atoms with E-state index >= 15 is 0 Å². The smallest absolute Gasteiger partial charge is 0.337 e. The highest BCUT2D eigenvalue weighted by atomic mass is 35.5. The number of carboxylic acid groups (broad SMARTS) is 1. The number of hydrazine groups is 1. The lowest BCUT2D eigenvalue weighted by Gasteiger charge is -2.09. The van der Waals surface area contributed by atoms with Crippen LogP contribution in [0.1, 0.15) is 10.4 Å². The van der Waals surface area contributed by atoms with Crippen LogP contribution in [0.2, 0.25) is 5.02 Å². The molecule has 2 rings (SSSR count). The molecule has 0 fully saturated rings. The summed E-state index contributed by atoms with van der Waals surface area (Å²) in [6, 6.07) is 8.31. The number of rotatable bonds is 5. The number of pyridine rings is 1. The van der Waals surface area contributed by atoms with Gasteiger partial charge in [0, 0.05) is 6.20 Å². The number of anilines is 1. The van der Waals surface area contributed by atoms with Crippen LogP contribution in [0, 0.1) is 0 Å². The van der Waals surface area contributed by atoms with E-state index in [2.05, 4.69) is 15.2 Å². The van der Waals surface area contributed by atoms with Crippen molar-refractivity contribution in [3.8, 4) is 0 Å². The van der Waals surface area contributed by atoms with Gasteiger partial charge in [-0.1, -0.05) is 17.7 Å². The van der Waals surface area contributed by atoms with Gasteiger partial charge in [-0.05, 0) is 30.3 Å². The van der Waals surface area contributed by atoms with Crippen LogP contribution in [0.4, 0.5) is 5.82 Å². The molecule has 9 heteroatoms. The zero-order valence-corrected chi connectivity index (χ0v) is 12.0. The van der Waals surface area contributed by atoms with E-state index in [1.165, 1.54) is 18.3 Å². The fourth-order valence-electron chi connectivity index (χ4n) is 1.45. The first-order valence-corrected chi connectivity index (χ1v) is 7.48. The van der Waals surface area contributed by atoms with Gasteiger partial charge in [0.2, 0.25) is 0 Å². The molecule has 0 saturated carbocycles. The molecule has 3 N–H and O–H groups in total. The number of nitrogens with one attached hydrogen (secondary N) is 2. The minimum Gasteiger partial charge on any atom is -0.478 e. The van der Waals surface area contributed by atoms with Gasteiger partial charge in [-0.2, -0.15) is 0 Å². The maximum Gasteiger partial charge on any atom is 0.337 e. The van der Waals surface area contributed by atoms with Crippen molar-refractivity contribution in [1.29, 1.82) is 0 Å². The Labute approximate surface area is 125 Å². The van der Waals surface area contributed by atoms with E-state index in [-0.39, 0.29) is 15.5 Å². The Morgan fingerprint density at radius 3 is 2.62 bits per heavy atom. The highest BCUT2D eigenvalue weighted by molar-refractivity contribution is 7.89. The van der Waals surface area contributed by atoms with Crippen LogP contribution in [0.5, 0.6) is 0 Å². The zero-order chi connectivity index (χ0) is 15.5. The van der Waals surface area contributed by atoms with Crippen molar-refractivity contribution < 1.29 is 18.3 Å². The second kappa shape index (κ2) is 6.08. The van der Waals surface area contributed by atoms with Crippen molar-refractivity contribution in [1.82, 2.24) is 9.82 Å². The number of nitrogens with zero attached hydrogens (tertiary/aromatic N) is 1. The van der Waals surface area contributed by atoms with E-state index in [0.29, 0.717) is 5.82 Å². The second-order valence-corrected chi connectivity index (χ2v) is 5.98. The number of carboxylic acids is 1. The summed E-state index contributed by atoms with van der Waals surface area (Å²) in [5.74, 6) is -1.01. The molecule has 1 aromatic carbocycles. The van der Waals surface area contributed by atoms with Gasteiger partial charge in [0.15, 0.2) is 0 Å². The highest BCUT2D eigenvalue weighted by Crippen LogP contribution is 2.20. The molecule has 0 radical (unpaired) electrons. The summed E-state index contributed by atoms with van der Waals surface area (Å²) in [7, 11) is -3.95. The average Bonchev–Trinajstić information content (AvgIpc) is 2.46. The molecular formula is C12H10ClN3O4S. The molecule has 2 aromatic rings. The lowest BCUT2D eigenvalue weighted by atomic mass is 10.2. The Kier molecular flexibility index (Phi) is 4.41. The number of hydrogen-bond donors (Lipinski definition) is 3. The van der Waals surface area contributed by atoms with Gasteiger partial charge >= 0.3 is 5.97 Å². The normalized spacial score (nSPS) is 11.1. The second-order valence-electron chi connectivity index (χ2n) is 3.89. The van der Waals surface area contributed by atoms with Crippen LogP contribution in [0.3, 0.4) is 0 Å². The largest absolute Gasteiger partial charge is 0.478 e. The summed E-state index contributed by atoms with van der Waals surface area (Å²) >= 11 is 5.69. The van der Waals surface area contributed by atoms with Gasteiger partial charge in [0.05, 0.1) is 15.5 Å². The summed E-state index contributed by atoms with van der Waals surface area (Å²) < 4.78 is 24.1. The van der Waals surface area contributed by atoms with Crippen LogP contribution >= 0.6 is 11.6 Å². The third-order valence-electron chi connectivity index (χ3n) is 2.46. The number of halogens is 1. The number of aromatic nitrogens is 1. The topological polar surface area (TPSA) is 108 Å². The first-order chi connectivity index (χ1) is 9.90. The molecular weight excluding hydrogens is 318 g/mol. The van der Waals surface area contributed by atoms with Crippen LogP contribution < -0.4 is 10.3 Å². The van der Waals surface area contributed by atoms with Gasteiger partial charge in [0.25, 0.3) is 10.0 Å². The Bertz CT molecular complexity index is 765. The third kappa shape index (κ3) is 3.69. The van der Waals surface area contributed by atoms with Crippen LogP contribution in [0.25, 0.3) is 0 Å². The van der Waals surface area contributed by atoms with Gasteiger partial charge in [0.1, 0.15) is 5.82 Å². The molecule has 1 aromatic heterocycles. The van der Waals surface area contributed by atoms with Crippen molar-refractivity contribution in [3.63, 3.8) is 0 Å². The average molecular weight is 328 g/mol. The fourth-order valence-corrected chi connectivity index (χ4v) is 2.53. The summed E-state index contributed by atoms with van der Waals surface area (Å²) in [6.45, 7) is 0. The number of benzene rings is 1. The van der Waals surface area contributed by atoms with Gasteiger partial charge in [-0.25, -0.2) is 18.2 Å². The van der Waals surface area contributed by atoms with Crippen molar-refractivity contribution in [2.45, 2.75) is 4.90 Å². The summed E-state index contributed by atoms with van der Waals surface area (Å²) in [5, 5.41) is 8.90. The van der Waals surface area contributed by atoms with Crippen molar-refractivity contribution in [3.05, 3.63) is 53.2 Å². The summed E-state index contributed by atoms with van der Waals surface area (Å²) in [6.07, 6.45) is 1.49. The fraction of sp³-hybridized carbons (Fsp3) is 0. The predicted molar refractivity (Wildman–Crippen MR) is 76.6 cm³/mol. The van der Waals surface area contributed by atoms with Crippen molar-refractivity contribution in [2.75, 3.05) is 5.43 Å². The maximum absolute atomic E-state index is 12.1. The lowest BCUT2D eigenvalue weighted by Crippen LogP contribution is -2.30. The molecule has 21 heavy (non-hydrogen) atoms. The van der Waals surface area contributed by atoms with E-state index in [1.807, 2.05) is 0 Å².